The lowest BCUT2D eigenvalue weighted by Crippen LogP contribution is -2.36. The molecule has 1 aromatic carbocycles. The third kappa shape index (κ3) is 3.94. The molecule has 32 heavy (non-hydrogen) atoms. The van der Waals surface area contributed by atoms with Gasteiger partial charge in [-0.15, -0.1) is 4.40 Å². The van der Waals surface area contributed by atoms with Crippen LogP contribution in [0.2, 0.25) is 0 Å². The summed E-state index contributed by atoms with van der Waals surface area (Å²) in [6.07, 6.45) is 3.17. The summed E-state index contributed by atoms with van der Waals surface area (Å²) in [5.74, 6) is -0.175. The Morgan fingerprint density at radius 1 is 1.12 bits per heavy atom. The fraction of sp³-hybridized carbons (Fsp3) is 0.238. The monoisotopic (exact) mass is 453 g/mol. The first-order valence-corrected chi connectivity index (χ1v) is 11.4. The summed E-state index contributed by atoms with van der Waals surface area (Å²) in [7, 11) is -2.79. The van der Waals surface area contributed by atoms with Crippen molar-refractivity contribution in [3.05, 3.63) is 71.3 Å². The minimum atomic E-state index is -4.08. The molecule has 0 saturated carbocycles. The van der Waals surface area contributed by atoms with Gasteiger partial charge in [0, 0.05) is 31.4 Å². The Hall–Kier alpha value is -3.73. The Kier molecular flexibility index (Phi) is 5.43. The zero-order valence-corrected chi connectivity index (χ0v) is 19.0. The number of rotatable bonds is 5. The summed E-state index contributed by atoms with van der Waals surface area (Å²) < 4.78 is 33.4. The molecular formula is C21H23N7O3S. The van der Waals surface area contributed by atoms with E-state index in [1.165, 1.54) is 13.1 Å². The topological polar surface area (TPSA) is 114 Å². The van der Waals surface area contributed by atoms with Crippen LogP contribution in [-0.4, -0.2) is 51.0 Å². The van der Waals surface area contributed by atoms with Crippen LogP contribution < -0.4 is 5.32 Å². The fourth-order valence-corrected chi connectivity index (χ4v) is 4.26. The fourth-order valence-electron chi connectivity index (χ4n) is 3.36. The van der Waals surface area contributed by atoms with E-state index >= 15 is 0 Å². The highest BCUT2D eigenvalue weighted by Gasteiger charge is 2.31. The molecule has 0 saturated heterocycles. The van der Waals surface area contributed by atoms with Crippen molar-refractivity contribution in [3.8, 4) is 5.69 Å². The summed E-state index contributed by atoms with van der Waals surface area (Å²) in [4.78, 5) is 13.2. The van der Waals surface area contributed by atoms with Gasteiger partial charge in [-0.25, -0.2) is 8.99 Å². The molecule has 2 aromatic heterocycles. The Morgan fingerprint density at radius 2 is 1.84 bits per heavy atom. The van der Waals surface area contributed by atoms with Crippen LogP contribution in [0.3, 0.4) is 0 Å². The van der Waals surface area contributed by atoms with Gasteiger partial charge in [-0.1, -0.05) is 18.2 Å². The number of nitrogens with one attached hydrogen (secondary N) is 1. The minimum absolute atomic E-state index is 0.0582. The van der Waals surface area contributed by atoms with Gasteiger partial charge in [-0.05, 0) is 39.0 Å². The second-order valence-electron chi connectivity index (χ2n) is 7.31. The summed E-state index contributed by atoms with van der Waals surface area (Å²) >= 11 is 0. The molecule has 0 spiro atoms. The molecule has 1 aliphatic heterocycles. The highest BCUT2D eigenvalue weighted by molar-refractivity contribution is 7.88. The molecule has 0 fully saturated rings. The van der Waals surface area contributed by atoms with E-state index in [0.717, 1.165) is 9.99 Å². The second kappa shape index (κ2) is 8.08. The van der Waals surface area contributed by atoms with E-state index < -0.39 is 16.1 Å². The maximum Gasteiger partial charge on any atom is 0.345 e. The third-order valence-corrected chi connectivity index (χ3v) is 6.34. The van der Waals surface area contributed by atoms with Crippen molar-refractivity contribution in [1.82, 2.24) is 23.9 Å². The Balaban J connectivity index is 1.71. The number of hydrogen-bond donors (Lipinski definition) is 1. The summed E-state index contributed by atoms with van der Waals surface area (Å²) in [5.41, 5.74) is 2.75. The van der Waals surface area contributed by atoms with Crippen molar-refractivity contribution in [3.63, 3.8) is 0 Å². The van der Waals surface area contributed by atoms with Crippen LogP contribution in [0, 0.1) is 13.8 Å². The van der Waals surface area contributed by atoms with Crippen molar-refractivity contribution < 1.29 is 13.2 Å². The molecule has 0 unspecified atom stereocenters. The first kappa shape index (κ1) is 21.5. The second-order valence-corrected chi connectivity index (χ2v) is 8.93. The molecule has 1 N–H and O–H groups in total. The molecule has 3 aromatic rings. The predicted molar refractivity (Wildman–Crippen MR) is 121 cm³/mol. The van der Waals surface area contributed by atoms with Gasteiger partial charge in [-0.3, -0.25) is 9.48 Å². The van der Waals surface area contributed by atoms with E-state index in [9.17, 15) is 13.2 Å². The molecule has 3 heterocycles. The highest BCUT2D eigenvalue weighted by Crippen LogP contribution is 2.23. The molecule has 4 rings (SSSR count). The molecule has 1 amide bonds. The van der Waals surface area contributed by atoms with Crippen LogP contribution in [0.1, 0.15) is 23.9 Å². The lowest BCUT2D eigenvalue weighted by atomic mass is 10.1. The van der Waals surface area contributed by atoms with E-state index in [1.54, 1.807) is 28.6 Å². The molecule has 166 valence electrons. The van der Waals surface area contributed by atoms with Crippen molar-refractivity contribution in [1.29, 1.82) is 0 Å². The predicted octanol–water partition coefficient (Wildman–Crippen LogP) is 2.21. The number of carbonyl (C=O) groups is 1. The number of para-hydroxylation sites is 1. The van der Waals surface area contributed by atoms with Crippen LogP contribution in [0.15, 0.2) is 58.8 Å². The van der Waals surface area contributed by atoms with Crippen LogP contribution in [0.4, 0.5) is 5.82 Å². The molecule has 10 nitrogen and oxygen atoms in total. The van der Waals surface area contributed by atoms with E-state index in [-0.39, 0.29) is 11.4 Å². The summed E-state index contributed by atoms with van der Waals surface area (Å²) in [6.45, 7) is 6.13. The normalized spacial score (nSPS) is 15.3. The Labute approximate surface area is 186 Å². The van der Waals surface area contributed by atoms with Gasteiger partial charge < -0.3 is 5.32 Å². The Morgan fingerprint density at radius 3 is 2.50 bits per heavy atom. The van der Waals surface area contributed by atoms with Gasteiger partial charge >= 0.3 is 10.2 Å². The SMILES string of the molecule is CCn1cc(C2=NS(=O)(=O)N(C)C(C(=O)Nc3cc(C)nn3-c3ccccc3)=C2)c(C)n1. The number of benzene rings is 1. The third-order valence-electron chi connectivity index (χ3n) is 5.03. The first-order chi connectivity index (χ1) is 15.2. The molecule has 11 heteroatoms. The molecule has 1 aliphatic rings. The zero-order chi connectivity index (χ0) is 23.0. The number of amides is 1. The van der Waals surface area contributed by atoms with Crippen LogP contribution in [0.25, 0.3) is 5.69 Å². The van der Waals surface area contributed by atoms with E-state index in [4.69, 9.17) is 0 Å². The number of carbonyl (C=O) groups excluding carboxylic acids is 1. The number of anilines is 1. The van der Waals surface area contributed by atoms with Gasteiger partial charge in [0.15, 0.2) is 0 Å². The quantitative estimate of drug-likeness (QED) is 0.636. The van der Waals surface area contributed by atoms with Crippen molar-refractivity contribution in [2.75, 3.05) is 12.4 Å². The minimum Gasteiger partial charge on any atom is -0.305 e. The van der Waals surface area contributed by atoms with Crippen molar-refractivity contribution in [2.45, 2.75) is 27.3 Å². The van der Waals surface area contributed by atoms with Crippen molar-refractivity contribution >= 4 is 27.6 Å². The van der Waals surface area contributed by atoms with Crippen LogP contribution in [-0.2, 0) is 21.5 Å². The number of aryl methyl sites for hydroxylation is 3. The number of likely N-dealkylation sites (N-methyl/N-ethyl adjacent to an activating group) is 1. The largest absolute Gasteiger partial charge is 0.345 e. The number of allylic oxidation sites excluding steroid dienone is 1. The number of aromatic nitrogens is 4. The van der Waals surface area contributed by atoms with Gasteiger partial charge in [0.1, 0.15) is 11.5 Å². The molecular weight excluding hydrogens is 430 g/mol. The molecule has 0 radical (unpaired) electrons. The van der Waals surface area contributed by atoms with Gasteiger partial charge in [-0.2, -0.15) is 18.6 Å². The Bertz CT molecular complexity index is 1350. The zero-order valence-electron chi connectivity index (χ0n) is 18.1. The first-order valence-electron chi connectivity index (χ1n) is 9.98. The number of nitrogens with zero attached hydrogens (tertiary/aromatic N) is 6. The smallest absolute Gasteiger partial charge is 0.305 e. The van der Waals surface area contributed by atoms with E-state index in [0.29, 0.717) is 29.3 Å². The lowest BCUT2D eigenvalue weighted by Gasteiger charge is -2.23. The molecule has 0 bridgehead atoms. The summed E-state index contributed by atoms with van der Waals surface area (Å²) in [5, 5.41) is 11.6. The molecule has 0 aliphatic carbocycles. The van der Waals surface area contributed by atoms with Crippen molar-refractivity contribution in [2.24, 2.45) is 4.40 Å². The molecule has 0 atom stereocenters. The standard InChI is InChI=1S/C21H23N7O3S/c1-5-27-13-17(15(3)24-27)18-12-19(26(4)32(30,31)25-18)21(29)22-20-11-14(2)23-28(20)16-9-7-6-8-10-16/h6-13H,5H2,1-4H3,(H,22,29). The average molecular weight is 454 g/mol. The van der Waals surface area contributed by atoms with Gasteiger partial charge in [0.05, 0.1) is 22.8 Å². The van der Waals surface area contributed by atoms with E-state index in [2.05, 4.69) is 19.9 Å². The van der Waals surface area contributed by atoms with Crippen LogP contribution >= 0.6 is 0 Å². The number of hydrogen-bond acceptors (Lipinski definition) is 5. The maximum absolute atomic E-state index is 13.2. The van der Waals surface area contributed by atoms with E-state index in [1.807, 2.05) is 44.2 Å². The maximum atomic E-state index is 13.2. The van der Waals surface area contributed by atoms with Gasteiger partial charge in [0.2, 0.25) is 0 Å². The van der Waals surface area contributed by atoms with Gasteiger partial charge in [0.25, 0.3) is 5.91 Å². The van der Waals surface area contributed by atoms with Crippen LogP contribution in [0.5, 0.6) is 0 Å². The average Bonchev–Trinajstić information content (AvgIpc) is 3.32. The summed E-state index contributed by atoms with van der Waals surface area (Å²) in [6, 6.07) is 11.0. The lowest BCUT2D eigenvalue weighted by molar-refractivity contribution is -0.113. The highest BCUT2D eigenvalue weighted by atomic mass is 32.2.